The lowest BCUT2D eigenvalue weighted by Crippen LogP contribution is -2.54. The average Bonchev–Trinajstić information content (AvgIpc) is 2.87. The van der Waals surface area contributed by atoms with E-state index in [1.54, 1.807) is 0 Å². The molecule has 0 saturated carbocycles. The van der Waals surface area contributed by atoms with Crippen molar-refractivity contribution in [2.75, 3.05) is 13.1 Å². The molecule has 1 aromatic rings. The number of aliphatic hydroxyl groups is 1. The number of likely N-dealkylation sites (tertiary alicyclic amines) is 1. The van der Waals surface area contributed by atoms with E-state index in [1.165, 1.54) is 22.4 Å². The van der Waals surface area contributed by atoms with Crippen LogP contribution >= 0.6 is 11.3 Å². The molecule has 8 heteroatoms. The van der Waals surface area contributed by atoms with Crippen molar-refractivity contribution in [3.63, 3.8) is 0 Å². The van der Waals surface area contributed by atoms with E-state index in [0.29, 0.717) is 4.88 Å². The van der Waals surface area contributed by atoms with Crippen molar-refractivity contribution in [1.82, 2.24) is 9.88 Å². The zero-order chi connectivity index (χ0) is 16.8. The minimum Gasteiger partial charge on any atom is -0.380 e. The Kier molecular flexibility index (Phi) is 4.29. The smallest absolute Gasteiger partial charge is 0.380 e. The van der Waals surface area contributed by atoms with Crippen molar-refractivity contribution in [1.29, 1.82) is 0 Å². The molecule has 4 nitrogen and oxygen atoms in total. The van der Waals surface area contributed by atoms with Crippen LogP contribution in [0.4, 0.5) is 13.2 Å². The van der Waals surface area contributed by atoms with Crippen LogP contribution < -0.4 is 0 Å². The number of rotatable bonds is 1. The lowest BCUT2D eigenvalue weighted by atomic mass is 9.91. The fraction of sp³-hybridized carbons (Fsp3) is 0.714. The SMILES string of the molecule is CC(C)(C)c1ncc(C(=O)N2CCC(O)(C(F)(F)F)CC2)s1. The highest BCUT2D eigenvalue weighted by atomic mass is 32.1. The number of piperidine rings is 1. The molecule has 0 aliphatic carbocycles. The van der Waals surface area contributed by atoms with Crippen LogP contribution in [0.15, 0.2) is 6.20 Å². The first-order valence-corrected chi connectivity index (χ1v) is 7.80. The molecule has 2 rings (SSSR count). The molecular formula is C14H19F3N2O2S. The summed E-state index contributed by atoms with van der Waals surface area (Å²) in [5.41, 5.74) is -2.87. The monoisotopic (exact) mass is 336 g/mol. The van der Waals surface area contributed by atoms with Crippen LogP contribution in [0.25, 0.3) is 0 Å². The quantitative estimate of drug-likeness (QED) is 0.858. The molecule has 0 spiro atoms. The second-order valence-electron chi connectivity index (χ2n) is 6.60. The van der Waals surface area contributed by atoms with E-state index in [0.717, 1.165) is 5.01 Å². The third kappa shape index (κ3) is 3.27. The van der Waals surface area contributed by atoms with Crippen LogP contribution in [0.2, 0.25) is 0 Å². The molecule has 2 heterocycles. The van der Waals surface area contributed by atoms with Gasteiger partial charge in [-0.25, -0.2) is 4.98 Å². The van der Waals surface area contributed by atoms with Gasteiger partial charge in [-0.3, -0.25) is 4.79 Å². The lowest BCUT2D eigenvalue weighted by Gasteiger charge is -2.38. The summed E-state index contributed by atoms with van der Waals surface area (Å²) >= 11 is 1.26. The molecule has 1 fully saturated rings. The Morgan fingerprint density at radius 2 is 1.86 bits per heavy atom. The van der Waals surface area contributed by atoms with Crippen LogP contribution in [0, 0.1) is 0 Å². The van der Waals surface area contributed by atoms with Gasteiger partial charge in [0.05, 0.1) is 11.2 Å². The van der Waals surface area contributed by atoms with Crippen LogP contribution in [0.3, 0.4) is 0 Å². The number of aromatic nitrogens is 1. The first-order chi connectivity index (χ1) is 9.94. The number of carbonyl (C=O) groups is 1. The summed E-state index contributed by atoms with van der Waals surface area (Å²) < 4.78 is 38.2. The highest BCUT2D eigenvalue weighted by molar-refractivity contribution is 7.13. The highest BCUT2D eigenvalue weighted by Gasteiger charge is 2.55. The maximum Gasteiger partial charge on any atom is 0.417 e. The third-order valence-electron chi connectivity index (χ3n) is 3.76. The number of nitrogens with zero attached hydrogens (tertiary/aromatic N) is 2. The van der Waals surface area contributed by atoms with Crippen molar-refractivity contribution in [2.24, 2.45) is 0 Å². The first kappa shape index (κ1) is 17.2. The maximum atomic E-state index is 12.7. The number of hydrogen-bond donors (Lipinski definition) is 1. The zero-order valence-corrected chi connectivity index (χ0v) is 13.5. The van der Waals surface area contributed by atoms with Crippen molar-refractivity contribution in [3.8, 4) is 0 Å². The van der Waals surface area contributed by atoms with Gasteiger partial charge in [0.2, 0.25) is 0 Å². The van der Waals surface area contributed by atoms with Gasteiger partial charge in [-0.05, 0) is 0 Å². The van der Waals surface area contributed by atoms with Gasteiger partial charge in [0.25, 0.3) is 5.91 Å². The summed E-state index contributed by atoms with van der Waals surface area (Å²) in [4.78, 5) is 18.3. The van der Waals surface area contributed by atoms with Gasteiger partial charge in [-0.1, -0.05) is 20.8 Å². The van der Waals surface area contributed by atoms with Crippen molar-refractivity contribution in [3.05, 3.63) is 16.1 Å². The Morgan fingerprint density at radius 1 is 1.32 bits per heavy atom. The van der Waals surface area contributed by atoms with E-state index in [-0.39, 0.29) is 24.4 Å². The molecule has 0 aromatic carbocycles. The van der Waals surface area contributed by atoms with Crippen molar-refractivity contribution >= 4 is 17.2 Å². The molecule has 0 radical (unpaired) electrons. The molecule has 1 N–H and O–H groups in total. The van der Waals surface area contributed by atoms with Crippen molar-refractivity contribution < 1.29 is 23.1 Å². The molecule has 0 bridgehead atoms. The summed E-state index contributed by atoms with van der Waals surface area (Å²) in [6.07, 6.45) is -4.18. The van der Waals surface area contributed by atoms with Crippen LogP contribution in [0.5, 0.6) is 0 Å². The number of alkyl halides is 3. The van der Waals surface area contributed by atoms with Gasteiger partial charge in [0, 0.05) is 31.3 Å². The Bertz CT molecular complexity index is 555. The van der Waals surface area contributed by atoms with Crippen LogP contribution in [0.1, 0.15) is 48.3 Å². The van der Waals surface area contributed by atoms with Gasteiger partial charge in [0.15, 0.2) is 5.60 Å². The second-order valence-corrected chi connectivity index (χ2v) is 7.63. The summed E-state index contributed by atoms with van der Waals surface area (Å²) in [5, 5.41) is 10.4. The van der Waals surface area contributed by atoms with Gasteiger partial charge in [-0.15, -0.1) is 11.3 Å². The first-order valence-electron chi connectivity index (χ1n) is 6.99. The lowest BCUT2D eigenvalue weighted by molar-refractivity contribution is -0.271. The Labute approximate surface area is 131 Å². The minimum atomic E-state index is -4.66. The Hall–Kier alpha value is -1.15. The standard InChI is InChI=1S/C14H19F3N2O2S/c1-12(2,3)11-18-8-9(22-11)10(20)19-6-4-13(21,5-7-19)14(15,16)17/h8,21H,4-7H2,1-3H3. The van der Waals surface area contributed by atoms with E-state index in [4.69, 9.17) is 0 Å². The molecular weight excluding hydrogens is 317 g/mol. The van der Waals surface area contributed by atoms with Crippen molar-refractivity contribution in [2.45, 2.75) is 50.8 Å². The normalized spacial score (nSPS) is 19.3. The van der Waals surface area contributed by atoms with Crippen LogP contribution in [-0.4, -0.2) is 45.8 Å². The zero-order valence-electron chi connectivity index (χ0n) is 12.7. The van der Waals surface area contributed by atoms with Gasteiger partial charge < -0.3 is 10.0 Å². The molecule has 0 atom stereocenters. The molecule has 1 aromatic heterocycles. The summed E-state index contributed by atoms with van der Waals surface area (Å²) in [5.74, 6) is -0.322. The Morgan fingerprint density at radius 3 is 2.27 bits per heavy atom. The third-order valence-corrected chi connectivity index (χ3v) is 5.17. The summed E-state index contributed by atoms with van der Waals surface area (Å²) in [6.45, 7) is 5.70. The maximum absolute atomic E-state index is 12.7. The molecule has 1 amide bonds. The molecule has 1 aliphatic rings. The topological polar surface area (TPSA) is 53.4 Å². The van der Waals surface area contributed by atoms with Gasteiger partial charge >= 0.3 is 6.18 Å². The number of hydrogen-bond acceptors (Lipinski definition) is 4. The minimum absolute atomic E-state index is 0.113. The van der Waals surface area contributed by atoms with E-state index in [9.17, 15) is 23.1 Å². The largest absolute Gasteiger partial charge is 0.417 e. The number of halogens is 3. The summed E-state index contributed by atoms with van der Waals surface area (Å²) in [7, 11) is 0. The van der Waals surface area contributed by atoms with E-state index in [2.05, 4.69) is 4.98 Å². The molecule has 0 unspecified atom stereocenters. The fourth-order valence-electron chi connectivity index (χ4n) is 2.24. The average molecular weight is 336 g/mol. The number of amides is 1. The Balaban J connectivity index is 2.06. The number of carbonyl (C=O) groups excluding carboxylic acids is 1. The van der Waals surface area contributed by atoms with Gasteiger partial charge in [0.1, 0.15) is 4.88 Å². The predicted octanol–water partition coefficient (Wildman–Crippen LogP) is 2.97. The molecule has 124 valence electrons. The number of thiazole rings is 1. The molecule has 22 heavy (non-hydrogen) atoms. The fourth-order valence-corrected chi connectivity index (χ4v) is 3.18. The van der Waals surface area contributed by atoms with Gasteiger partial charge in [-0.2, -0.15) is 13.2 Å². The summed E-state index contributed by atoms with van der Waals surface area (Å²) in [6, 6.07) is 0. The van der Waals surface area contributed by atoms with Crippen LogP contribution in [-0.2, 0) is 5.41 Å². The second kappa shape index (κ2) is 5.49. The van der Waals surface area contributed by atoms with E-state index < -0.39 is 24.6 Å². The van der Waals surface area contributed by atoms with E-state index >= 15 is 0 Å². The molecule has 1 aliphatic heterocycles. The predicted molar refractivity (Wildman–Crippen MR) is 77.0 cm³/mol. The highest BCUT2D eigenvalue weighted by Crippen LogP contribution is 2.38. The van der Waals surface area contributed by atoms with E-state index in [1.807, 2.05) is 20.8 Å². The molecule has 1 saturated heterocycles.